The van der Waals surface area contributed by atoms with Gasteiger partial charge < -0.3 is 5.73 Å². The van der Waals surface area contributed by atoms with Crippen LogP contribution in [0, 0.1) is 19.7 Å². The minimum absolute atomic E-state index is 0.00476. The molecule has 6 aromatic rings. The number of anilines is 1. The lowest BCUT2D eigenvalue weighted by atomic mass is 10.1. The van der Waals surface area contributed by atoms with Crippen LogP contribution in [0.4, 0.5) is 14.7 Å². The number of nitrogens with zero attached hydrogens (tertiary/aromatic N) is 5. The van der Waals surface area contributed by atoms with Crippen LogP contribution in [-0.2, 0) is 10.0 Å². The van der Waals surface area contributed by atoms with Crippen molar-refractivity contribution in [2.45, 2.75) is 18.7 Å². The number of rotatable bonds is 5. The predicted molar refractivity (Wildman–Crippen MR) is 142 cm³/mol. The fraction of sp³-hybridized carbons (Fsp3) is 0.0741. The Morgan fingerprint density at radius 1 is 0.974 bits per heavy atom. The lowest BCUT2D eigenvalue weighted by molar-refractivity contribution is 0.103. The molecule has 0 atom stereocenters. The first-order valence-electron chi connectivity index (χ1n) is 11.7. The van der Waals surface area contributed by atoms with Crippen LogP contribution in [-0.4, -0.2) is 37.7 Å². The fourth-order valence-electron chi connectivity index (χ4n) is 4.58. The Hall–Kier alpha value is -4.84. The first-order chi connectivity index (χ1) is 18.6. The van der Waals surface area contributed by atoms with Gasteiger partial charge >= 0.3 is 0 Å². The van der Waals surface area contributed by atoms with E-state index in [4.69, 9.17) is 5.73 Å². The topological polar surface area (TPSA) is 118 Å². The smallest absolute Gasteiger partial charge is 0.268 e. The Balaban J connectivity index is 1.50. The molecule has 0 amide bonds. The summed E-state index contributed by atoms with van der Waals surface area (Å²) >= 11 is 0. The van der Waals surface area contributed by atoms with Crippen molar-refractivity contribution in [1.29, 1.82) is 0 Å². The number of carbonyl (C=O) groups is 1. The first kappa shape index (κ1) is 24.5. The van der Waals surface area contributed by atoms with Crippen molar-refractivity contribution in [3.8, 4) is 5.69 Å². The zero-order valence-electron chi connectivity index (χ0n) is 20.6. The first-order valence-corrected chi connectivity index (χ1v) is 13.2. The zero-order valence-corrected chi connectivity index (χ0v) is 21.4. The van der Waals surface area contributed by atoms with E-state index in [9.17, 15) is 17.7 Å². The molecule has 0 aliphatic carbocycles. The van der Waals surface area contributed by atoms with Gasteiger partial charge in [-0.1, -0.05) is 40.4 Å². The maximum absolute atomic E-state index is 15.3. The van der Waals surface area contributed by atoms with Gasteiger partial charge in [-0.2, -0.15) is 9.89 Å². The summed E-state index contributed by atoms with van der Waals surface area (Å²) in [4.78, 5) is 18.0. The molecule has 0 bridgehead atoms. The minimum Gasteiger partial charge on any atom is -0.383 e. The highest BCUT2D eigenvalue weighted by Gasteiger charge is 2.29. The number of para-hydroxylation sites is 1. The van der Waals surface area contributed by atoms with Gasteiger partial charge in [-0.15, -0.1) is 0 Å². The maximum atomic E-state index is 15.3. The standard InChI is InChI=1S/C27H20F2N6O3S/c1-15-7-9-18(10-8-15)39(37,38)35-20-6-4-3-5-17(20)13-23(35)26(36)19-14-31-34(27(19)30)21-11-12-22-25(24(21)28)32-16(2)33(22)29/h3-14H,30H2,1-2H3. The average Bonchev–Trinajstić information content (AvgIpc) is 3.58. The predicted octanol–water partition coefficient (Wildman–Crippen LogP) is 4.72. The third-order valence-corrected chi connectivity index (χ3v) is 8.32. The number of imidazole rings is 1. The van der Waals surface area contributed by atoms with E-state index in [1.807, 2.05) is 6.92 Å². The molecule has 39 heavy (non-hydrogen) atoms. The molecule has 2 N–H and O–H groups in total. The number of nitrogen functional groups attached to an aromatic ring is 1. The van der Waals surface area contributed by atoms with Crippen molar-refractivity contribution >= 4 is 43.6 Å². The molecule has 3 aromatic carbocycles. The second kappa shape index (κ2) is 8.60. The molecular weight excluding hydrogens is 526 g/mol. The Morgan fingerprint density at radius 2 is 1.69 bits per heavy atom. The summed E-state index contributed by atoms with van der Waals surface area (Å²) in [6.45, 7) is 3.23. The van der Waals surface area contributed by atoms with Crippen LogP contribution in [0.3, 0.4) is 0 Å². The highest BCUT2D eigenvalue weighted by molar-refractivity contribution is 7.90. The van der Waals surface area contributed by atoms with Gasteiger partial charge in [0.1, 0.15) is 34.1 Å². The van der Waals surface area contributed by atoms with Crippen molar-refractivity contribution < 1.29 is 22.1 Å². The quantitative estimate of drug-likeness (QED) is 0.313. The summed E-state index contributed by atoms with van der Waals surface area (Å²) in [7, 11) is -4.19. The van der Waals surface area contributed by atoms with E-state index in [1.54, 1.807) is 36.4 Å². The summed E-state index contributed by atoms with van der Waals surface area (Å²) in [5, 5.41) is 4.61. The van der Waals surface area contributed by atoms with Gasteiger partial charge in [-0.25, -0.2) is 26.4 Å². The Labute approximate surface area is 220 Å². The van der Waals surface area contributed by atoms with Crippen LogP contribution < -0.4 is 5.73 Å². The van der Waals surface area contributed by atoms with E-state index in [0.29, 0.717) is 10.9 Å². The van der Waals surface area contributed by atoms with Gasteiger partial charge in [0, 0.05) is 5.39 Å². The molecule has 0 aliphatic rings. The van der Waals surface area contributed by atoms with E-state index in [1.165, 1.54) is 37.3 Å². The molecule has 3 aromatic heterocycles. The molecule has 0 spiro atoms. The number of hydrogen-bond donors (Lipinski definition) is 1. The third kappa shape index (κ3) is 3.63. The molecular formula is C27H20F2N6O3S. The Bertz CT molecular complexity index is 2060. The van der Waals surface area contributed by atoms with Crippen LogP contribution >= 0.6 is 0 Å². The van der Waals surface area contributed by atoms with Gasteiger partial charge in [0.2, 0.25) is 5.78 Å². The SMILES string of the molecule is Cc1ccc(S(=O)(=O)n2c(C(=O)c3cnn(-c4ccc5c(nc(C)n5F)c4F)c3N)cc3ccccc32)cc1. The van der Waals surface area contributed by atoms with Crippen molar-refractivity contribution in [3.63, 3.8) is 0 Å². The van der Waals surface area contributed by atoms with Crippen molar-refractivity contribution in [2.24, 2.45) is 0 Å². The molecule has 6 rings (SSSR count). The van der Waals surface area contributed by atoms with E-state index < -0.39 is 21.6 Å². The third-order valence-electron chi connectivity index (χ3n) is 6.58. The number of benzene rings is 3. The van der Waals surface area contributed by atoms with E-state index in [2.05, 4.69) is 10.1 Å². The number of fused-ring (bicyclic) bond motifs is 2. The second-order valence-electron chi connectivity index (χ2n) is 9.06. The summed E-state index contributed by atoms with van der Waals surface area (Å²) in [6, 6.07) is 17.0. The highest BCUT2D eigenvalue weighted by atomic mass is 32.2. The molecule has 3 heterocycles. The number of halogens is 2. The Morgan fingerprint density at radius 3 is 2.44 bits per heavy atom. The van der Waals surface area contributed by atoms with E-state index >= 15 is 4.39 Å². The molecule has 12 heteroatoms. The van der Waals surface area contributed by atoms with Crippen LogP contribution in [0.2, 0.25) is 0 Å². The number of carbonyl (C=O) groups excluding carboxylic acids is 1. The van der Waals surface area contributed by atoms with Gasteiger partial charge in [-0.3, -0.25) is 4.79 Å². The van der Waals surface area contributed by atoms with Crippen molar-refractivity contribution in [2.75, 3.05) is 5.73 Å². The molecule has 9 nitrogen and oxygen atoms in total. The fourth-order valence-corrected chi connectivity index (χ4v) is 6.09. The Kier molecular flexibility index (Phi) is 5.40. The van der Waals surface area contributed by atoms with Gasteiger partial charge in [0.25, 0.3) is 10.0 Å². The zero-order chi connectivity index (χ0) is 27.6. The van der Waals surface area contributed by atoms with Crippen LogP contribution in [0.25, 0.3) is 27.6 Å². The number of aromatic nitrogens is 5. The second-order valence-corrected chi connectivity index (χ2v) is 10.8. The molecule has 196 valence electrons. The van der Waals surface area contributed by atoms with Crippen LogP contribution in [0.15, 0.2) is 77.8 Å². The average molecular weight is 547 g/mol. The van der Waals surface area contributed by atoms with Crippen LogP contribution in [0.5, 0.6) is 0 Å². The molecule has 0 unspecified atom stereocenters. The minimum atomic E-state index is -4.19. The maximum Gasteiger partial charge on any atom is 0.268 e. The number of ketones is 1. The molecule has 0 aliphatic heterocycles. The monoisotopic (exact) mass is 546 g/mol. The largest absolute Gasteiger partial charge is 0.383 e. The molecule has 0 fully saturated rings. The lowest BCUT2D eigenvalue weighted by Crippen LogP contribution is -2.19. The van der Waals surface area contributed by atoms with E-state index in [-0.39, 0.29) is 49.3 Å². The van der Waals surface area contributed by atoms with Gasteiger partial charge in [-0.05, 0) is 50.2 Å². The molecule has 0 saturated heterocycles. The summed E-state index contributed by atoms with van der Waals surface area (Å²) in [5.74, 6) is -1.86. The summed E-state index contributed by atoms with van der Waals surface area (Å²) in [5.41, 5.74) is 6.71. The highest BCUT2D eigenvalue weighted by Crippen LogP contribution is 2.31. The number of aryl methyl sites for hydroxylation is 2. The normalized spacial score (nSPS) is 12.0. The van der Waals surface area contributed by atoms with Crippen LogP contribution in [0.1, 0.15) is 27.4 Å². The van der Waals surface area contributed by atoms with Crippen molar-refractivity contribution in [3.05, 3.63) is 101 Å². The summed E-state index contributed by atoms with van der Waals surface area (Å²) in [6.07, 6.45) is 1.14. The summed E-state index contributed by atoms with van der Waals surface area (Å²) < 4.78 is 59.0. The number of hydrogen-bond acceptors (Lipinski definition) is 6. The number of nitrogens with two attached hydrogens (primary N) is 1. The van der Waals surface area contributed by atoms with Crippen molar-refractivity contribution in [1.82, 2.24) is 23.5 Å². The molecule has 0 saturated carbocycles. The lowest BCUT2D eigenvalue weighted by Gasteiger charge is -2.12. The van der Waals surface area contributed by atoms with Gasteiger partial charge in [0.05, 0.1) is 22.2 Å². The van der Waals surface area contributed by atoms with E-state index in [0.717, 1.165) is 20.4 Å². The molecule has 0 radical (unpaired) electrons. The van der Waals surface area contributed by atoms with Gasteiger partial charge in [0.15, 0.2) is 5.82 Å².